The molecule has 4 nitrogen and oxygen atoms in total. The molecule has 0 unspecified atom stereocenters. The Bertz CT molecular complexity index is 758. The Hall–Kier alpha value is -3.02. The zero-order valence-electron chi connectivity index (χ0n) is 12.8. The summed E-state index contributed by atoms with van der Waals surface area (Å²) >= 11 is 0. The van der Waals surface area contributed by atoms with Crippen LogP contribution in [0.4, 0.5) is 14.5 Å². The molecule has 0 aliphatic rings. The third kappa shape index (κ3) is 5.01. The van der Waals surface area contributed by atoms with E-state index in [1.54, 1.807) is 6.07 Å². The number of hydrogen-bond donors (Lipinski definition) is 1. The molecule has 0 spiro atoms. The van der Waals surface area contributed by atoms with Gasteiger partial charge in [0.25, 0.3) is 5.91 Å². The molecule has 0 fully saturated rings. The highest BCUT2D eigenvalue weighted by Crippen LogP contribution is 2.16. The number of carbonyl (C=O) groups is 2. The number of carbonyl (C=O) groups excluding carboxylic acids is 2. The van der Waals surface area contributed by atoms with Gasteiger partial charge in [0.2, 0.25) is 5.91 Å². The molecule has 0 saturated carbocycles. The second-order valence-corrected chi connectivity index (χ2v) is 5.07. The Morgan fingerprint density at radius 3 is 2.38 bits per heavy atom. The van der Waals surface area contributed by atoms with E-state index in [-0.39, 0.29) is 13.0 Å². The monoisotopic (exact) mass is 330 g/mol. The van der Waals surface area contributed by atoms with Crippen LogP contribution in [0, 0.1) is 11.6 Å². The number of nitrogens with two attached hydrogens (primary N) is 1. The normalized spacial score (nSPS) is 10.8. The standard InChI is InChI=1S/C18H16F2N2O2/c19-14-5-7-16(8-6-14)22(11-10-17(21)23)18(24)9-4-13-2-1-3-15(20)12-13/h1-9,12H,10-11H2,(H2,21,23)/b9-4+. The quantitative estimate of drug-likeness (QED) is 0.828. The average molecular weight is 330 g/mol. The van der Waals surface area contributed by atoms with Gasteiger partial charge in [-0.05, 0) is 48.0 Å². The molecule has 2 rings (SSSR count). The van der Waals surface area contributed by atoms with Gasteiger partial charge in [-0.15, -0.1) is 0 Å². The Morgan fingerprint density at radius 2 is 1.75 bits per heavy atom. The third-order valence-corrected chi connectivity index (χ3v) is 3.25. The van der Waals surface area contributed by atoms with Gasteiger partial charge in [0.1, 0.15) is 11.6 Å². The lowest BCUT2D eigenvalue weighted by atomic mass is 10.2. The summed E-state index contributed by atoms with van der Waals surface area (Å²) in [7, 11) is 0. The predicted molar refractivity (Wildman–Crippen MR) is 88.0 cm³/mol. The molecule has 6 heteroatoms. The molecule has 24 heavy (non-hydrogen) atoms. The van der Waals surface area contributed by atoms with Crippen molar-refractivity contribution in [3.05, 3.63) is 71.8 Å². The van der Waals surface area contributed by atoms with E-state index in [2.05, 4.69) is 0 Å². The molecule has 2 aromatic carbocycles. The Morgan fingerprint density at radius 1 is 1.04 bits per heavy atom. The Labute approximate surface area is 138 Å². The van der Waals surface area contributed by atoms with Crippen LogP contribution >= 0.6 is 0 Å². The van der Waals surface area contributed by atoms with Gasteiger partial charge in [-0.25, -0.2) is 8.78 Å². The fourth-order valence-electron chi connectivity index (χ4n) is 2.08. The van der Waals surface area contributed by atoms with Crippen LogP contribution in [0.25, 0.3) is 6.08 Å². The van der Waals surface area contributed by atoms with Gasteiger partial charge in [-0.1, -0.05) is 12.1 Å². The van der Waals surface area contributed by atoms with E-state index >= 15 is 0 Å². The lowest BCUT2D eigenvalue weighted by molar-refractivity contribution is -0.118. The van der Waals surface area contributed by atoms with Crippen LogP contribution in [0.15, 0.2) is 54.6 Å². The second-order valence-electron chi connectivity index (χ2n) is 5.07. The number of amides is 2. The van der Waals surface area contributed by atoms with Gasteiger partial charge >= 0.3 is 0 Å². The van der Waals surface area contributed by atoms with E-state index in [1.807, 2.05) is 0 Å². The van der Waals surface area contributed by atoms with E-state index < -0.39 is 23.4 Å². The molecule has 0 bridgehead atoms. The number of rotatable bonds is 6. The van der Waals surface area contributed by atoms with Gasteiger partial charge in [0.15, 0.2) is 0 Å². The topological polar surface area (TPSA) is 63.4 Å². The van der Waals surface area contributed by atoms with E-state index in [1.165, 1.54) is 59.5 Å². The average Bonchev–Trinajstić information content (AvgIpc) is 2.54. The van der Waals surface area contributed by atoms with Crippen molar-refractivity contribution in [1.82, 2.24) is 0 Å². The van der Waals surface area contributed by atoms with E-state index in [0.717, 1.165) is 0 Å². The number of benzene rings is 2. The number of primary amides is 1. The van der Waals surface area contributed by atoms with E-state index in [4.69, 9.17) is 5.73 Å². The maximum absolute atomic E-state index is 13.1. The largest absolute Gasteiger partial charge is 0.370 e. The minimum atomic E-state index is -0.552. The zero-order valence-corrected chi connectivity index (χ0v) is 12.8. The van der Waals surface area contributed by atoms with Crippen LogP contribution in [0.2, 0.25) is 0 Å². The summed E-state index contributed by atoms with van der Waals surface area (Å²) in [6, 6.07) is 11.1. The smallest absolute Gasteiger partial charge is 0.251 e. The van der Waals surface area contributed by atoms with Crippen molar-refractivity contribution in [3.63, 3.8) is 0 Å². The van der Waals surface area contributed by atoms with Crippen molar-refractivity contribution in [2.24, 2.45) is 5.73 Å². The molecule has 0 heterocycles. The molecular formula is C18H16F2N2O2. The van der Waals surface area contributed by atoms with Gasteiger partial charge in [-0.2, -0.15) is 0 Å². The summed E-state index contributed by atoms with van der Waals surface area (Å²) in [6.45, 7) is 0.0628. The first kappa shape index (κ1) is 17.3. The minimum Gasteiger partial charge on any atom is -0.370 e. The van der Waals surface area contributed by atoms with Crippen molar-refractivity contribution in [3.8, 4) is 0 Å². The minimum absolute atomic E-state index is 0.0308. The lowest BCUT2D eigenvalue weighted by Gasteiger charge is -2.20. The highest BCUT2D eigenvalue weighted by Gasteiger charge is 2.14. The van der Waals surface area contributed by atoms with Gasteiger partial charge in [0, 0.05) is 24.7 Å². The molecule has 124 valence electrons. The highest BCUT2D eigenvalue weighted by molar-refractivity contribution is 6.04. The van der Waals surface area contributed by atoms with Crippen LogP contribution in [0.5, 0.6) is 0 Å². The van der Waals surface area contributed by atoms with Crippen molar-refractivity contribution < 1.29 is 18.4 Å². The molecule has 2 N–H and O–H groups in total. The first-order chi connectivity index (χ1) is 11.5. The molecule has 2 aromatic rings. The molecule has 0 aliphatic heterocycles. The van der Waals surface area contributed by atoms with E-state index in [9.17, 15) is 18.4 Å². The maximum atomic E-state index is 13.1. The summed E-state index contributed by atoms with van der Waals surface area (Å²) in [5.41, 5.74) is 6.09. The first-order valence-corrected chi connectivity index (χ1v) is 7.25. The predicted octanol–water partition coefficient (Wildman–Crippen LogP) is 2.89. The molecule has 0 aliphatic carbocycles. The van der Waals surface area contributed by atoms with Crippen LogP contribution in [0.3, 0.4) is 0 Å². The first-order valence-electron chi connectivity index (χ1n) is 7.25. The van der Waals surface area contributed by atoms with Crippen LogP contribution in [-0.4, -0.2) is 18.4 Å². The lowest BCUT2D eigenvalue weighted by Crippen LogP contribution is -2.32. The van der Waals surface area contributed by atoms with Gasteiger partial charge < -0.3 is 10.6 Å². The molecule has 0 atom stereocenters. The third-order valence-electron chi connectivity index (χ3n) is 3.25. The van der Waals surface area contributed by atoms with Crippen LogP contribution < -0.4 is 10.6 Å². The fraction of sp³-hybridized carbons (Fsp3) is 0.111. The SMILES string of the molecule is NC(=O)CCN(C(=O)/C=C/c1cccc(F)c1)c1ccc(F)cc1. The number of halogens is 2. The zero-order chi connectivity index (χ0) is 17.5. The van der Waals surface area contributed by atoms with Crippen molar-refractivity contribution in [1.29, 1.82) is 0 Å². The molecule has 0 saturated heterocycles. The summed E-state index contributed by atoms with van der Waals surface area (Å²) in [6.07, 6.45) is 2.70. The van der Waals surface area contributed by atoms with Crippen molar-refractivity contribution >= 4 is 23.6 Å². The fourth-order valence-corrected chi connectivity index (χ4v) is 2.08. The summed E-state index contributed by atoms with van der Waals surface area (Å²) in [5, 5.41) is 0. The van der Waals surface area contributed by atoms with Crippen molar-refractivity contribution in [2.75, 3.05) is 11.4 Å². The van der Waals surface area contributed by atoms with Crippen molar-refractivity contribution in [2.45, 2.75) is 6.42 Å². The number of anilines is 1. The van der Waals surface area contributed by atoms with Gasteiger partial charge in [-0.3, -0.25) is 9.59 Å². The highest BCUT2D eigenvalue weighted by atomic mass is 19.1. The summed E-state index contributed by atoms with van der Waals surface area (Å²) < 4.78 is 26.2. The summed E-state index contributed by atoms with van der Waals surface area (Å²) in [4.78, 5) is 24.7. The Balaban J connectivity index is 2.20. The summed E-state index contributed by atoms with van der Waals surface area (Å²) in [5.74, 6) is -1.82. The van der Waals surface area contributed by atoms with E-state index in [0.29, 0.717) is 11.3 Å². The van der Waals surface area contributed by atoms with Crippen LogP contribution in [0.1, 0.15) is 12.0 Å². The Kier molecular flexibility index (Phi) is 5.78. The van der Waals surface area contributed by atoms with Crippen LogP contribution in [-0.2, 0) is 9.59 Å². The molecular weight excluding hydrogens is 314 g/mol. The maximum Gasteiger partial charge on any atom is 0.251 e. The number of nitrogens with zero attached hydrogens (tertiary/aromatic N) is 1. The molecule has 2 amide bonds. The second kappa shape index (κ2) is 8.01. The number of hydrogen-bond acceptors (Lipinski definition) is 2. The molecule has 0 radical (unpaired) electrons. The molecule has 0 aromatic heterocycles. The van der Waals surface area contributed by atoms with Gasteiger partial charge in [0.05, 0.1) is 0 Å².